The van der Waals surface area contributed by atoms with Gasteiger partial charge >= 0.3 is 6.03 Å². The van der Waals surface area contributed by atoms with Crippen LogP contribution in [0.1, 0.15) is 23.4 Å². The molecule has 9 heteroatoms. The van der Waals surface area contributed by atoms with E-state index in [2.05, 4.69) is 4.99 Å². The van der Waals surface area contributed by atoms with Crippen LogP contribution in [0.15, 0.2) is 16.4 Å². The number of aliphatic imine (C=N–C) groups is 1. The van der Waals surface area contributed by atoms with Crippen molar-refractivity contribution < 1.29 is 19.0 Å². The van der Waals surface area contributed by atoms with Crippen molar-refractivity contribution in [2.24, 2.45) is 4.99 Å². The number of hydrogen-bond acceptors (Lipinski definition) is 5. The summed E-state index contributed by atoms with van der Waals surface area (Å²) in [4.78, 5) is 47.9. The summed E-state index contributed by atoms with van der Waals surface area (Å²) in [5.74, 6) is -0.216. The van der Waals surface area contributed by atoms with Gasteiger partial charge in [0.1, 0.15) is 6.54 Å². The molecule has 8 nitrogen and oxygen atoms in total. The Labute approximate surface area is 155 Å². The maximum absolute atomic E-state index is 12.9. The first kappa shape index (κ1) is 16.9. The lowest BCUT2D eigenvalue weighted by atomic mass is 10.0. The topological polar surface area (TPSA) is 76.3 Å². The van der Waals surface area contributed by atoms with Crippen LogP contribution in [0.2, 0.25) is 0 Å². The van der Waals surface area contributed by atoms with E-state index in [0.29, 0.717) is 12.4 Å². The molecule has 2 atom stereocenters. The van der Waals surface area contributed by atoms with E-state index >= 15 is 0 Å². The van der Waals surface area contributed by atoms with Crippen LogP contribution in [0.3, 0.4) is 0 Å². The van der Waals surface area contributed by atoms with Gasteiger partial charge in [-0.15, -0.1) is 11.3 Å². The van der Waals surface area contributed by atoms with Crippen molar-refractivity contribution in [3.8, 4) is 0 Å². The molecule has 4 rings (SSSR count). The Balaban J connectivity index is 1.54. The number of imide groups is 1. The van der Waals surface area contributed by atoms with Gasteiger partial charge < -0.3 is 4.90 Å². The molecule has 0 radical (unpaired) electrons. The lowest BCUT2D eigenvalue weighted by Gasteiger charge is -2.37. The van der Waals surface area contributed by atoms with E-state index < -0.39 is 18.0 Å². The SMILES string of the molecule is CC1c2ccsc2CCN1C(=O)CN1C(=O)C2C(=NC=[N+]2C)N(C)C1=O. The van der Waals surface area contributed by atoms with Crippen LogP contribution in [0.5, 0.6) is 0 Å². The highest BCUT2D eigenvalue weighted by Gasteiger charge is 2.51. The third-order valence-electron chi connectivity index (χ3n) is 5.28. The van der Waals surface area contributed by atoms with Gasteiger partial charge in [0, 0.05) is 18.5 Å². The summed E-state index contributed by atoms with van der Waals surface area (Å²) in [6.07, 6.45) is 2.33. The highest BCUT2D eigenvalue weighted by atomic mass is 32.1. The third-order valence-corrected chi connectivity index (χ3v) is 6.27. The highest BCUT2D eigenvalue weighted by Crippen LogP contribution is 2.33. The number of carbonyl (C=O) groups excluding carboxylic acids is 3. The van der Waals surface area contributed by atoms with Gasteiger partial charge in [0.25, 0.3) is 24.1 Å². The van der Waals surface area contributed by atoms with Crippen LogP contribution >= 0.6 is 11.3 Å². The summed E-state index contributed by atoms with van der Waals surface area (Å²) >= 11 is 1.70. The summed E-state index contributed by atoms with van der Waals surface area (Å²) in [5.41, 5.74) is 1.16. The van der Waals surface area contributed by atoms with Gasteiger partial charge in [-0.1, -0.05) is 0 Å². The minimum Gasteiger partial charge on any atom is -0.334 e. The van der Waals surface area contributed by atoms with Crippen molar-refractivity contribution in [3.63, 3.8) is 0 Å². The number of carbonyl (C=O) groups is 3. The summed E-state index contributed by atoms with van der Waals surface area (Å²) in [5, 5.41) is 2.04. The van der Waals surface area contributed by atoms with Gasteiger partial charge in [-0.05, 0) is 35.3 Å². The molecule has 26 heavy (non-hydrogen) atoms. The van der Waals surface area contributed by atoms with Crippen molar-refractivity contribution in [2.45, 2.75) is 25.4 Å². The van der Waals surface area contributed by atoms with E-state index in [9.17, 15) is 14.4 Å². The maximum Gasteiger partial charge on any atom is 0.334 e. The quantitative estimate of drug-likeness (QED) is 0.709. The lowest BCUT2D eigenvalue weighted by molar-refractivity contribution is -0.500. The minimum atomic E-state index is -0.646. The van der Waals surface area contributed by atoms with E-state index in [1.54, 1.807) is 34.9 Å². The molecule has 1 fully saturated rings. The van der Waals surface area contributed by atoms with Gasteiger partial charge in [0.2, 0.25) is 5.91 Å². The zero-order chi connectivity index (χ0) is 18.6. The van der Waals surface area contributed by atoms with Crippen LogP contribution in [0.4, 0.5) is 4.79 Å². The first-order valence-corrected chi connectivity index (χ1v) is 9.36. The number of urea groups is 1. The summed E-state index contributed by atoms with van der Waals surface area (Å²) in [6.45, 7) is 2.34. The number of nitrogens with zero attached hydrogens (tertiary/aromatic N) is 5. The summed E-state index contributed by atoms with van der Waals surface area (Å²) in [6, 6.07) is 0.835. The van der Waals surface area contributed by atoms with E-state index in [0.717, 1.165) is 16.9 Å². The second kappa shape index (κ2) is 6.01. The summed E-state index contributed by atoms with van der Waals surface area (Å²) in [7, 11) is 3.31. The Morgan fingerprint density at radius 3 is 2.96 bits per heavy atom. The van der Waals surface area contributed by atoms with Crippen LogP contribution < -0.4 is 0 Å². The van der Waals surface area contributed by atoms with Crippen molar-refractivity contribution in [3.05, 3.63) is 21.9 Å². The molecule has 2 unspecified atom stereocenters. The molecule has 0 spiro atoms. The zero-order valence-corrected chi connectivity index (χ0v) is 15.7. The number of thiophene rings is 1. The maximum atomic E-state index is 12.9. The molecule has 0 N–H and O–H groups in total. The monoisotopic (exact) mass is 374 g/mol. The van der Waals surface area contributed by atoms with Crippen molar-refractivity contribution in [1.82, 2.24) is 14.7 Å². The van der Waals surface area contributed by atoms with Crippen LogP contribution in [-0.4, -0.2) is 82.5 Å². The van der Waals surface area contributed by atoms with E-state index in [-0.39, 0.29) is 18.5 Å². The standard InChI is InChI=1S/C17H20N5O3S/c1-10-11-5-7-26-12(11)4-6-21(10)13(23)8-22-16(24)14-15(18-9-19(14)2)20(3)17(22)25/h5,7,9-10,14H,4,6,8H2,1-3H3/q+1. The lowest BCUT2D eigenvalue weighted by Crippen LogP contribution is -2.63. The van der Waals surface area contributed by atoms with Crippen LogP contribution in [0.25, 0.3) is 0 Å². The molecule has 0 bridgehead atoms. The van der Waals surface area contributed by atoms with Gasteiger partial charge in [-0.25, -0.2) is 9.37 Å². The van der Waals surface area contributed by atoms with Crippen molar-refractivity contribution >= 4 is 41.4 Å². The number of hydrogen-bond donors (Lipinski definition) is 0. The third kappa shape index (κ3) is 2.38. The molecule has 0 aliphatic carbocycles. The molecular formula is C17H20N5O3S+. The fourth-order valence-corrected chi connectivity index (χ4v) is 4.73. The molecule has 4 amide bonds. The Hall–Kier alpha value is -2.55. The number of rotatable bonds is 2. The molecule has 1 aromatic heterocycles. The number of amidine groups is 1. The van der Waals surface area contributed by atoms with Gasteiger partial charge in [-0.3, -0.25) is 19.4 Å². The Morgan fingerprint density at radius 2 is 2.19 bits per heavy atom. The fourth-order valence-electron chi connectivity index (χ4n) is 3.77. The Bertz CT molecular complexity index is 874. The van der Waals surface area contributed by atoms with E-state index in [1.807, 2.05) is 18.4 Å². The Kier molecular flexibility index (Phi) is 3.91. The van der Waals surface area contributed by atoms with Crippen LogP contribution in [-0.2, 0) is 16.0 Å². The first-order chi connectivity index (χ1) is 12.4. The van der Waals surface area contributed by atoms with E-state index in [4.69, 9.17) is 0 Å². The molecule has 3 aliphatic heterocycles. The molecule has 0 aromatic carbocycles. The molecule has 1 aromatic rings. The zero-order valence-electron chi connectivity index (χ0n) is 14.9. The average Bonchev–Trinajstić information content (AvgIpc) is 3.24. The molecule has 0 saturated carbocycles. The second-order valence-corrected chi connectivity index (χ2v) is 7.75. The number of likely N-dealkylation sites (N-methyl/N-ethyl adjacent to an activating group) is 2. The molecular weight excluding hydrogens is 354 g/mol. The fraction of sp³-hybridized carbons (Fsp3) is 0.471. The number of fused-ring (bicyclic) bond motifs is 2. The predicted molar refractivity (Wildman–Crippen MR) is 96.5 cm³/mol. The highest BCUT2D eigenvalue weighted by molar-refractivity contribution is 7.10. The largest absolute Gasteiger partial charge is 0.334 e. The van der Waals surface area contributed by atoms with Crippen molar-refractivity contribution in [2.75, 3.05) is 27.2 Å². The second-order valence-electron chi connectivity index (χ2n) is 6.75. The van der Waals surface area contributed by atoms with Gasteiger partial charge in [0.15, 0.2) is 0 Å². The van der Waals surface area contributed by atoms with Gasteiger partial charge in [-0.2, -0.15) is 0 Å². The number of amides is 4. The smallest absolute Gasteiger partial charge is 0.334 e. The van der Waals surface area contributed by atoms with Crippen LogP contribution in [0, 0.1) is 0 Å². The first-order valence-electron chi connectivity index (χ1n) is 8.48. The van der Waals surface area contributed by atoms with E-state index in [1.165, 1.54) is 16.1 Å². The minimum absolute atomic E-state index is 0.0511. The average molecular weight is 374 g/mol. The molecule has 136 valence electrons. The predicted octanol–water partition coefficient (Wildman–Crippen LogP) is 0.539. The normalized spacial score (nSPS) is 25.1. The molecule has 4 heterocycles. The van der Waals surface area contributed by atoms with Gasteiger partial charge in [0.05, 0.1) is 13.1 Å². The Morgan fingerprint density at radius 1 is 1.42 bits per heavy atom. The summed E-state index contributed by atoms with van der Waals surface area (Å²) < 4.78 is 1.65. The molecule has 1 saturated heterocycles. The molecule has 3 aliphatic rings. The van der Waals surface area contributed by atoms with Crippen molar-refractivity contribution in [1.29, 1.82) is 0 Å².